The van der Waals surface area contributed by atoms with Crippen LogP contribution in [0.3, 0.4) is 0 Å². The number of aryl methyl sites for hydroxylation is 4. The fourth-order valence-corrected chi connectivity index (χ4v) is 12.9. The number of H-pyrrole nitrogens is 1. The first-order chi connectivity index (χ1) is 47.8. The van der Waals surface area contributed by atoms with Crippen LogP contribution in [0.1, 0.15) is 125 Å². The van der Waals surface area contributed by atoms with E-state index < -0.39 is 54.6 Å². The summed E-state index contributed by atoms with van der Waals surface area (Å²) in [6.07, 6.45) is 5.50. The van der Waals surface area contributed by atoms with Crippen LogP contribution in [0.25, 0.3) is 11.1 Å². The number of benzene rings is 6. The van der Waals surface area contributed by atoms with E-state index in [2.05, 4.69) is 48.5 Å². The number of fused-ring (bicyclic) bond motifs is 1. The number of ketones is 1. The normalized spacial score (nSPS) is 13.7. The van der Waals surface area contributed by atoms with Gasteiger partial charge in [-0.25, -0.2) is 35.7 Å². The Bertz CT molecular complexity index is 4790. The number of hydrogen-bond acceptors (Lipinski definition) is 18. The standard InChI is InChI=1S/C23H32N2O4.C18H18N2O5S.C16H17N3O5S.C15H12Cl2O4/c1-7-16-13-15(3)14-17(8-2)18(16)19-20(26)24-9-11-28-12-10-25(24)21(19)29-22(27)23(4,5)6;1-25-16-5-3-2-4-15(16)18(22)20-26(23,24)14-10-6-12(7-11-14)17(21)19-13-8-9-13;1-9-10(15(20)11-8-17-19(2)16(11)21)4-5-13(25(3,22)23)14(9)12-6-7-24-18-12;1-9(15(18)19)20-11-3-5-12(6-4-11)21-14-7-2-10(16)8-13(14)17/h13-14H,7-12H2,1-6H3;2-7,10-11,13H,8-9H2,1H3,(H,19,21)(H,20,22);4-5,8,17H,6-7H2,1-3H3;2-9H,1H3,(H,18,19). The van der Waals surface area contributed by atoms with Crippen molar-refractivity contribution in [3.05, 3.63) is 202 Å². The van der Waals surface area contributed by atoms with Gasteiger partial charge < -0.3 is 44.0 Å². The monoisotopic (exact) mass is 1460 g/mol. The number of methoxy groups -OCH3 is 1. The number of nitrogens with one attached hydrogen (secondary N) is 3. The molecule has 2 aliphatic heterocycles. The van der Waals surface area contributed by atoms with Gasteiger partial charge in [-0.05, 0) is 180 Å². The number of carboxylic acids is 1. The zero-order chi connectivity index (χ0) is 73.8. The molecule has 536 valence electrons. The van der Waals surface area contributed by atoms with Gasteiger partial charge in [-0.1, -0.05) is 72.0 Å². The van der Waals surface area contributed by atoms with Crippen molar-refractivity contribution in [2.45, 2.75) is 123 Å². The molecule has 0 spiro atoms. The average molecular weight is 1470 g/mol. The number of halogens is 2. The molecule has 101 heavy (non-hydrogen) atoms. The van der Waals surface area contributed by atoms with Crippen LogP contribution in [0.15, 0.2) is 146 Å². The van der Waals surface area contributed by atoms with Crippen molar-refractivity contribution in [1.82, 2.24) is 29.2 Å². The highest BCUT2D eigenvalue weighted by Crippen LogP contribution is 2.38. The molecular weight excluding hydrogens is 1390 g/mol. The highest BCUT2D eigenvalue weighted by Gasteiger charge is 2.33. The number of carbonyl (C=O) groups excluding carboxylic acids is 4. The number of sulfonamides is 1. The summed E-state index contributed by atoms with van der Waals surface area (Å²) in [5.74, 6) is -0.799. The molecule has 1 atom stereocenters. The number of carbonyl (C=O) groups is 5. The van der Waals surface area contributed by atoms with E-state index in [-0.39, 0.29) is 55.7 Å². The number of hydrogen-bond donors (Lipinski definition) is 4. The van der Waals surface area contributed by atoms with Crippen molar-refractivity contribution >= 4 is 78.3 Å². The molecule has 1 aliphatic carbocycles. The van der Waals surface area contributed by atoms with Gasteiger partial charge in [-0.15, -0.1) is 0 Å². The third-order valence-corrected chi connectivity index (χ3v) is 19.0. The van der Waals surface area contributed by atoms with E-state index in [4.69, 9.17) is 56.8 Å². The molecule has 2 amide bonds. The van der Waals surface area contributed by atoms with Gasteiger partial charge in [0, 0.05) is 53.7 Å². The maximum absolute atomic E-state index is 13.5. The quantitative estimate of drug-likeness (QED) is 0.0432. The number of nitrogens with zero attached hydrogens (tertiary/aromatic N) is 4. The van der Waals surface area contributed by atoms with Gasteiger partial charge in [0.05, 0.1) is 64.9 Å². The first-order valence-electron chi connectivity index (χ1n) is 32.1. The van der Waals surface area contributed by atoms with Gasteiger partial charge in [0.25, 0.3) is 33.0 Å². The number of amides is 2. The Morgan fingerprint density at radius 3 is 1.94 bits per heavy atom. The third kappa shape index (κ3) is 19.2. The summed E-state index contributed by atoms with van der Waals surface area (Å²) in [6.45, 7) is 17.0. The number of aromatic amines is 1. The van der Waals surface area contributed by atoms with Crippen molar-refractivity contribution in [3.63, 3.8) is 0 Å². The maximum Gasteiger partial charge on any atom is 0.344 e. The van der Waals surface area contributed by atoms with Gasteiger partial charge in [0.2, 0.25) is 5.88 Å². The van der Waals surface area contributed by atoms with Gasteiger partial charge >= 0.3 is 11.9 Å². The van der Waals surface area contributed by atoms with E-state index in [1.54, 1.807) is 77.0 Å². The smallest absolute Gasteiger partial charge is 0.344 e. The lowest BCUT2D eigenvalue weighted by Gasteiger charge is -2.19. The van der Waals surface area contributed by atoms with Gasteiger partial charge in [-0.3, -0.25) is 33.4 Å². The number of para-hydroxylation sites is 1. The molecule has 0 radical (unpaired) electrons. The summed E-state index contributed by atoms with van der Waals surface area (Å²) in [5.41, 5.74) is 5.58. The number of sulfone groups is 1. The predicted molar refractivity (Wildman–Crippen MR) is 380 cm³/mol. The number of aliphatic carboxylic acids is 1. The minimum Gasteiger partial charge on any atom is -0.496 e. The topological polar surface area (TPSA) is 330 Å². The van der Waals surface area contributed by atoms with E-state index in [0.717, 1.165) is 48.6 Å². The lowest BCUT2D eigenvalue weighted by molar-refractivity contribution is -0.144. The molecule has 1 saturated carbocycles. The molecule has 6 aromatic carbocycles. The molecule has 25 nitrogen and oxygen atoms in total. The molecule has 1 fully saturated rings. The number of esters is 1. The summed E-state index contributed by atoms with van der Waals surface area (Å²) in [4.78, 5) is 91.0. The SMILES string of the molecule is CC(Oc1ccc(Oc2ccc(Cl)cc2Cl)cc1)C(=O)O.CCc1cc(C)cc(CC)c1-c1c(OC(=O)C(C)(C)C)n2n(c1=O)CCOCC2.COc1ccccc1C(=O)NS(=O)(=O)c1ccc(C(=O)NC2CC2)cc1.Cc1c(C(=O)c2c[nH]n(C)c2=O)ccc(S(C)(=O)=O)c1C1=NOCC1. The van der Waals surface area contributed by atoms with Crippen LogP contribution in [0.5, 0.6) is 28.9 Å². The Morgan fingerprint density at radius 2 is 1.39 bits per heavy atom. The minimum absolute atomic E-state index is 0.00623. The molecule has 2 aromatic heterocycles. The summed E-state index contributed by atoms with van der Waals surface area (Å²) in [5, 5.41) is 19.1. The van der Waals surface area contributed by atoms with Crippen LogP contribution in [0.2, 0.25) is 10.0 Å². The van der Waals surface area contributed by atoms with E-state index in [9.17, 15) is 50.4 Å². The van der Waals surface area contributed by atoms with Crippen molar-refractivity contribution < 1.29 is 74.4 Å². The van der Waals surface area contributed by atoms with E-state index >= 15 is 0 Å². The van der Waals surface area contributed by atoms with Gasteiger partial charge in [0.1, 0.15) is 40.7 Å². The lowest BCUT2D eigenvalue weighted by atomic mass is 9.91. The zero-order valence-electron chi connectivity index (χ0n) is 57.5. The Labute approximate surface area is 594 Å². The summed E-state index contributed by atoms with van der Waals surface area (Å²) < 4.78 is 83.1. The summed E-state index contributed by atoms with van der Waals surface area (Å²) in [7, 11) is -4.69. The van der Waals surface area contributed by atoms with E-state index in [0.29, 0.717) is 100 Å². The molecule has 0 bridgehead atoms. The fraction of sp³-hybridized carbons (Fsp3) is 0.333. The van der Waals surface area contributed by atoms with Crippen LogP contribution < -0.4 is 40.1 Å². The highest BCUT2D eigenvalue weighted by atomic mass is 35.5. The Hall–Kier alpha value is -9.80. The predicted octanol–water partition coefficient (Wildman–Crippen LogP) is 10.9. The second-order valence-corrected chi connectivity index (χ2v) is 29.2. The van der Waals surface area contributed by atoms with Crippen molar-refractivity contribution in [2.75, 3.05) is 33.2 Å². The van der Waals surface area contributed by atoms with Crippen LogP contribution in [-0.4, -0.2) is 122 Å². The largest absolute Gasteiger partial charge is 0.496 e. The fourth-order valence-electron chi connectivity index (χ4n) is 10.5. The van der Waals surface area contributed by atoms with Crippen LogP contribution in [-0.2, 0) is 72.0 Å². The Morgan fingerprint density at radius 1 is 0.752 bits per heavy atom. The molecule has 8 aromatic rings. The third-order valence-electron chi connectivity index (χ3n) is 16.0. The van der Waals surface area contributed by atoms with Crippen molar-refractivity contribution in [1.29, 1.82) is 0 Å². The summed E-state index contributed by atoms with van der Waals surface area (Å²) >= 11 is 11.8. The molecular formula is C72H79Cl2N7O18S2. The van der Waals surface area contributed by atoms with Crippen LogP contribution in [0.4, 0.5) is 0 Å². The van der Waals surface area contributed by atoms with E-state index in [1.807, 2.05) is 25.5 Å². The maximum atomic E-state index is 13.5. The number of ether oxygens (including phenoxy) is 5. The number of aromatic nitrogens is 4. The van der Waals surface area contributed by atoms with Crippen molar-refractivity contribution in [2.24, 2.45) is 17.6 Å². The highest BCUT2D eigenvalue weighted by molar-refractivity contribution is 7.91. The molecule has 3 aliphatic rings. The zero-order valence-corrected chi connectivity index (χ0v) is 60.7. The van der Waals surface area contributed by atoms with Crippen LogP contribution >= 0.6 is 23.2 Å². The molecule has 4 heterocycles. The number of oxime groups is 1. The Kier molecular flexibility index (Phi) is 25.2. The molecule has 1 unspecified atom stereocenters. The van der Waals surface area contributed by atoms with Crippen LogP contribution in [0, 0.1) is 19.3 Å². The molecule has 0 saturated heterocycles. The van der Waals surface area contributed by atoms with Gasteiger partial charge in [0.15, 0.2) is 21.7 Å². The lowest BCUT2D eigenvalue weighted by Crippen LogP contribution is -2.31. The van der Waals surface area contributed by atoms with E-state index in [1.165, 1.54) is 80.0 Å². The number of carboxylic acid groups (broad SMARTS) is 1. The molecule has 11 rings (SSSR count). The minimum atomic E-state index is -4.07. The second kappa shape index (κ2) is 33.1. The average Bonchev–Trinajstić information content (AvgIpc) is 1.62. The Balaban J connectivity index is 0.000000172. The van der Waals surface area contributed by atoms with Gasteiger partial charge in [-0.2, -0.15) is 0 Å². The molecule has 4 N–H and O–H groups in total. The first-order valence-corrected chi connectivity index (χ1v) is 36.2. The second-order valence-electron chi connectivity index (χ2n) is 24.7. The first kappa shape index (κ1) is 76.9. The summed E-state index contributed by atoms with van der Waals surface area (Å²) in [6, 6.07) is 30.5. The molecule has 29 heteroatoms. The number of rotatable bonds is 19. The van der Waals surface area contributed by atoms with Crippen molar-refractivity contribution in [3.8, 4) is 40.0 Å².